The fraction of sp³-hybridized carbons (Fsp3) is 0.364. The van der Waals surface area contributed by atoms with Crippen molar-refractivity contribution < 1.29 is 18.7 Å². The Kier molecular flexibility index (Phi) is 4.09. The summed E-state index contributed by atoms with van der Waals surface area (Å²) in [5.41, 5.74) is 0.934. The van der Waals surface area contributed by atoms with Gasteiger partial charge in [-0.05, 0) is 31.5 Å². The number of benzene rings is 1. The summed E-state index contributed by atoms with van der Waals surface area (Å²) < 4.78 is 22.3. The van der Waals surface area contributed by atoms with Crippen molar-refractivity contribution in [2.75, 3.05) is 6.61 Å². The Morgan fingerprint density at radius 3 is 2.87 bits per heavy atom. The van der Waals surface area contributed by atoms with Gasteiger partial charge in [-0.1, -0.05) is 12.1 Å². The topological polar surface area (TPSA) is 35.5 Å². The van der Waals surface area contributed by atoms with E-state index in [0.717, 1.165) is 5.56 Å². The molecule has 0 heterocycles. The zero-order valence-corrected chi connectivity index (χ0v) is 8.70. The lowest BCUT2D eigenvalue weighted by molar-refractivity contribution is -0.159. The highest BCUT2D eigenvalue weighted by molar-refractivity contribution is 5.73. The minimum Gasteiger partial charge on any atom is -0.461 e. The number of rotatable bonds is 4. The lowest BCUT2D eigenvalue weighted by atomic mass is 10.2. The molecule has 0 saturated heterocycles. The van der Waals surface area contributed by atoms with Crippen LogP contribution in [0.3, 0.4) is 0 Å². The molecule has 0 spiro atoms. The smallest absolute Gasteiger partial charge is 0.381 e. The molecular formula is C11H13FO3. The molecule has 0 aliphatic heterocycles. The number of halogens is 1. The molecule has 1 aromatic rings. The molecule has 82 valence electrons. The van der Waals surface area contributed by atoms with Gasteiger partial charge in [0.2, 0.25) is 0 Å². The number of carbonyl (C=O) groups is 1. The molecular weight excluding hydrogens is 199 g/mol. The normalized spacial score (nSPS) is 11.9. The molecule has 1 unspecified atom stereocenters. The van der Waals surface area contributed by atoms with Gasteiger partial charge in [0.05, 0.1) is 6.61 Å². The molecule has 0 N–H and O–H groups in total. The van der Waals surface area contributed by atoms with Crippen molar-refractivity contribution in [1.29, 1.82) is 0 Å². The zero-order valence-electron chi connectivity index (χ0n) is 8.70. The van der Waals surface area contributed by atoms with Gasteiger partial charge in [-0.3, -0.25) is 0 Å². The summed E-state index contributed by atoms with van der Waals surface area (Å²) in [4.78, 5) is 10.9. The molecule has 0 saturated carbocycles. The van der Waals surface area contributed by atoms with Crippen LogP contribution < -0.4 is 4.74 Å². The number of carbonyl (C=O) groups excluding carboxylic acids is 1. The Bertz CT molecular complexity index is 338. The van der Waals surface area contributed by atoms with Crippen LogP contribution in [0, 0.1) is 6.92 Å². The standard InChI is InChI=1S/C11H13FO3/c1-3-14-11(13)10(12)15-9-6-4-5-8(2)7-9/h4-7,10H,3H2,1-2H3. The third-order valence-corrected chi connectivity index (χ3v) is 1.70. The summed E-state index contributed by atoms with van der Waals surface area (Å²) in [6, 6.07) is 6.80. The molecule has 0 fully saturated rings. The number of esters is 1. The van der Waals surface area contributed by atoms with E-state index in [1.165, 1.54) is 0 Å². The van der Waals surface area contributed by atoms with Gasteiger partial charge in [0.25, 0.3) is 0 Å². The van der Waals surface area contributed by atoms with Crippen molar-refractivity contribution in [2.45, 2.75) is 20.2 Å². The predicted octanol–water partition coefficient (Wildman–Crippen LogP) is 2.23. The monoisotopic (exact) mass is 212 g/mol. The highest BCUT2D eigenvalue weighted by Gasteiger charge is 2.20. The fourth-order valence-corrected chi connectivity index (χ4v) is 1.06. The summed E-state index contributed by atoms with van der Waals surface area (Å²) in [5, 5.41) is 0. The summed E-state index contributed by atoms with van der Waals surface area (Å²) in [5.74, 6) is -0.686. The first-order valence-electron chi connectivity index (χ1n) is 4.67. The van der Waals surface area contributed by atoms with Crippen LogP contribution >= 0.6 is 0 Å². The van der Waals surface area contributed by atoms with E-state index in [1.807, 2.05) is 13.0 Å². The predicted molar refractivity (Wildman–Crippen MR) is 53.3 cm³/mol. The van der Waals surface area contributed by atoms with Crippen LogP contribution in [0.2, 0.25) is 0 Å². The number of hydrogen-bond donors (Lipinski definition) is 0. The van der Waals surface area contributed by atoms with Crippen molar-refractivity contribution in [3.63, 3.8) is 0 Å². The van der Waals surface area contributed by atoms with Crippen LogP contribution in [0.1, 0.15) is 12.5 Å². The van der Waals surface area contributed by atoms with E-state index in [1.54, 1.807) is 25.1 Å². The molecule has 1 aromatic carbocycles. The van der Waals surface area contributed by atoms with Gasteiger partial charge in [0, 0.05) is 0 Å². The number of ether oxygens (including phenoxy) is 2. The third-order valence-electron chi connectivity index (χ3n) is 1.70. The van der Waals surface area contributed by atoms with Gasteiger partial charge in [0.15, 0.2) is 0 Å². The van der Waals surface area contributed by atoms with E-state index in [4.69, 9.17) is 4.74 Å². The minimum absolute atomic E-state index is 0.135. The Balaban J connectivity index is 2.58. The SMILES string of the molecule is CCOC(=O)C(F)Oc1cccc(C)c1. The second-order valence-electron chi connectivity index (χ2n) is 3.00. The molecule has 0 radical (unpaired) electrons. The van der Waals surface area contributed by atoms with Crippen LogP contribution in [0.25, 0.3) is 0 Å². The maximum Gasteiger partial charge on any atom is 0.381 e. The van der Waals surface area contributed by atoms with Crippen molar-refractivity contribution in [3.05, 3.63) is 29.8 Å². The number of alkyl halides is 1. The van der Waals surface area contributed by atoms with E-state index in [-0.39, 0.29) is 6.61 Å². The second-order valence-corrected chi connectivity index (χ2v) is 3.00. The molecule has 1 atom stereocenters. The van der Waals surface area contributed by atoms with Gasteiger partial charge in [-0.25, -0.2) is 4.79 Å². The molecule has 0 aliphatic rings. The largest absolute Gasteiger partial charge is 0.461 e. The molecule has 0 bridgehead atoms. The van der Waals surface area contributed by atoms with Gasteiger partial charge < -0.3 is 9.47 Å². The third kappa shape index (κ3) is 3.58. The maximum absolute atomic E-state index is 13.1. The minimum atomic E-state index is -2.06. The van der Waals surface area contributed by atoms with Crippen LogP contribution in [0.4, 0.5) is 4.39 Å². The van der Waals surface area contributed by atoms with Crippen molar-refractivity contribution in [3.8, 4) is 5.75 Å². The molecule has 4 heteroatoms. The molecule has 1 rings (SSSR count). The molecule has 0 amide bonds. The summed E-state index contributed by atoms with van der Waals surface area (Å²) >= 11 is 0. The number of hydrogen-bond acceptors (Lipinski definition) is 3. The van der Waals surface area contributed by atoms with Crippen LogP contribution in [-0.4, -0.2) is 18.9 Å². The van der Waals surface area contributed by atoms with Crippen LogP contribution in [-0.2, 0) is 9.53 Å². The lowest BCUT2D eigenvalue weighted by Crippen LogP contribution is -2.24. The van der Waals surface area contributed by atoms with E-state index in [0.29, 0.717) is 5.75 Å². The molecule has 15 heavy (non-hydrogen) atoms. The van der Waals surface area contributed by atoms with Crippen molar-refractivity contribution >= 4 is 5.97 Å². The Morgan fingerprint density at radius 2 is 2.27 bits per heavy atom. The number of aryl methyl sites for hydroxylation is 1. The second kappa shape index (κ2) is 5.34. The van der Waals surface area contributed by atoms with Crippen LogP contribution in [0.5, 0.6) is 5.75 Å². The average molecular weight is 212 g/mol. The van der Waals surface area contributed by atoms with E-state index in [2.05, 4.69) is 4.74 Å². The molecule has 3 nitrogen and oxygen atoms in total. The van der Waals surface area contributed by atoms with E-state index >= 15 is 0 Å². The fourth-order valence-electron chi connectivity index (χ4n) is 1.06. The highest BCUT2D eigenvalue weighted by Crippen LogP contribution is 2.15. The van der Waals surface area contributed by atoms with E-state index < -0.39 is 12.3 Å². The first kappa shape index (κ1) is 11.5. The highest BCUT2D eigenvalue weighted by atomic mass is 19.1. The van der Waals surface area contributed by atoms with Gasteiger partial charge in [-0.15, -0.1) is 0 Å². The molecule has 0 aromatic heterocycles. The first-order chi connectivity index (χ1) is 7.13. The summed E-state index contributed by atoms with van der Waals surface area (Å²) in [6.45, 7) is 3.60. The summed E-state index contributed by atoms with van der Waals surface area (Å²) in [6.07, 6.45) is -2.06. The first-order valence-corrected chi connectivity index (χ1v) is 4.67. The maximum atomic E-state index is 13.1. The van der Waals surface area contributed by atoms with E-state index in [9.17, 15) is 9.18 Å². The van der Waals surface area contributed by atoms with Gasteiger partial charge in [0.1, 0.15) is 5.75 Å². The van der Waals surface area contributed by atoms with Gasteiger partial charge >= 0.3 is 12.3 Å². The lowest BCUT2D eigenvalue weighted by Gasteiger charge is -2.10. The van der Waals surface area contributed by atoms with Crippen molar-refractivity contribution in [1.82, 2.24) is 0 Å². The Labute approximate surface area is 87.8 Å². The Morgan fingerprint density at radius 1 is 1.53 bits per heavy atom. The zero-order chi connectivity index (χ0) is 11.3. The average Bonchev–Trinajstić information content (AvgIpc) is 2.18. The Hall–Kier alpha value is -1.58. The van der Waals surface area contributed by atoms with Crippen LogP contribution in [0.15, 0.2) is 24.3 Å². The summed E-state index contributed by atoms with van der Waals surface area (Å²) in [7, 11) is 0. The van der Waals surface area contributed by atoms with Gasteiger partial charge in [-0.2, -0.15) is 4.39 Å². The molecule has 0 aliphatic carbocycles. The quantitative estimate of drug-likeness (QED) is 0.718. The van der Waals surface area contributed by atoms with Crippen molar-refractivity contribution in [2.24, 2.45) is 0 Å².